The van der Waals surface area contributed by atoms with Crippen LogP contribution in [0.1, 0.15) is 20.8 Å². The van der Waals surface area contributed by atoms with Crippen LogP contribution in [0.4, 0.5) is 13.2 Å². The van der Waals surface area contributed by atoms with E-state index in [4.69, 9.17) is 18.4 Å². The third kappa shape index (κ3) is 6.41. The smallest absolute Gasteiger partial charge is 0.408 e. The Labute approximate surface area is 220 Å². The van der Waals surface area contributed by atoms with Gasteiger partial charge in [0.2, 0.25) is 6.10 Å². The van der Waals surface area contributed by atoms with Crippen LogP contribution in [-0.2, 0) is 38.0 Å². The minimum atomic E-state index is -4.45. The standard InChI is InChI=1S/C24H29F3N5O5S/c1-23(2,3)38(5)36-12-19(22(33)34-4)37-15-6-7-16-18(10-15)35-9-8-31-11-17(30-20(16)31)21-28-14-29-32(21)13-24(25,26)27/h6-7,10-11,14,19H,8-9,12-13H2,1-5H3/q+1/t19-,38?/m0/s1. The van der Waals surface area contributed by atoms with Gasteiger partial charge in [-0.15, -0.1) is 0 Å². The molecule has 0 radical (unpaired) electrons. The monoisotopic (exact) mass is 556 g/mol. The van der Waals surface area contributed by atoms with E-state index in [0.717, 1.165) is 11.0 Å². The topological polar surface area (TPSA) is 103 Å². The Morgan fingerprint density at radius 3 is 2.68 bits per heavy atom. The number of methoxy groups -OCH3 is 1. The third-order valence-electron chi connectivity index (χ3n) is 5.73. The van der Waals surface area contributed by atoms with E-state index in [1.807, 2.05) is 27.0 Å². The number of rotatable bonds is 8. The first-order chi connectivity index (χ1) is 17.9. The molecule has 4 rings (SSSR count). The number of fused-ring (bicyclic) bond motifs is 3. The maximum absolute atomic E-state index is 13.0. The molecule has 0 N–H and O–H groups in total. The molecule has 0 fully saturated rings. The summed E-state index contributed by atoms with van der Waals surface area (Å²) in [5.74, 6) is 0.740. The molecule has 2 aromatic heterocycles. The number of halogens is 3. The van der Waals surface area contributed by atoms with Gasteiger partial charge in [0, 0.05) is 12.3 Å². The molecule has 0 spiro atoms. The number of benzene rings is 1. The van der Waals surface area contributed by atoms with Crippen LogP contribution in [0.5, 0.6) is 11.5 Å². The van der Waals surface area contributed by atoms with Gasteiger partial charge in [-0.2, -0.15) is 22.5 Å². The van der Waals surface area contributed by atoms with E-state index in [-0.39, 0.29) is 29.5 Å². The van der Waals surface area contributed by atoms with Crippen molar-refractivity contribution >= 4 is 17.1 Å². The average molecular weight is 557 g/mol. The van der Waals surface area contributed by atoms with E-state index >= 15 is 0 Å². The van der Waals surface area contributed by atoms with Gasteiger partial charge < -0.3 is 18.8 Å². The fraction of sp³-hybridized carbons (Fsp3) is 0.500. The van der Waals surface area contributed by atoms with Crippen LogP contribution in [0.25, 0.3) is 22.9 Å². The Kier molecular flexibility index (Phi) is 7.93. The van der Waals surface area contributed by atoms with Crippen LogP contribution in [0.3, 0.4) is 0 Å². The predicted molar refractivity (Wildman–Crippen MR) is 134 cm³/mol. The maximum Gasteiger partial charge on any atom is 0.408 e. The Morgan fingerprint density at radius 1 is 1.24 bits per heavy atom. The zero-order chi connectivity index (χ0) is 27.7. The van der Waals surface area contributed by atoms with E-state index < -0.39 is 36.0 Å². The normalized spacial score (nSPS) is 15.1. The van der Waals surface area contributed by atoms with Crippen LogP contribution < -0.4 is 9.47 Å². The highest BCUT2D eigenvalue weighted by atomic mass is 32.2. The number of aromatic nitrogens is 5. The zero-order valence-corrected chi connectivity index (χ0v) is 22.4. The lowest BCUT2D eigenvalue weighted by Gasteiger charge is -2.20. The highest BCUT2D eigenvalue weighted by Crippen LogP contribution is 2.36. The number of ether oxygens (including phenoxy) is 3. The zero-order valence-electron chi connectivity index (χ0n) is 21.6. The van der Waals surface area contributed by atoms with E-state index in [1.54, 1.807) is 29.0 Å². The molecule has 3 heterocycles. The molecule has 1 aromatic carbocycles. The van der Waals surface area contributed by atoms with E-state index in [2.05, 4.69) is 15.1 Å². The second-order valence-electron chi connectivity index (χ2n) is 9.49. The van der Waals surface area contributed by atoms with Crippen LogP contribution >= 0.6 is 0 Å². The third-order valence-corrected chi connectivity index (χ3v) is 7.95. The van der Waals surface area contributed by atoms with Crippen molar-refractivity contribution in [2.75, 3.05) is 26.6 Å². The molecule has 3 aromatic rings. The summed E-state index contributed by atoms with van der Waals surface area (Å²) in [6.45, 7) is 5.56. The molecule has 0 amide bonds. The molecular weight excluding hydrogens is 527 g/mol. The van der Waals surface area contributed by atoms with Crippen molar-refractivity contribution < 1.29 is 36.4 Å². The quantitative estimate of drug-likeness (QED) is 0.306. The van der Waals surface area contributed by atoms with Gasteiger partial charge in [-0.05, 0) is 32.9 Å². The van der Waals surface area contributed by atoms with E-state index in [1.165, 1.54) is 7.11 Å². The summed E-state index contributed by atoms with van der Waals surface area (Å²) >= 11 is -0.429. The summed E-state index contributed by atoms with van der Waals surface area (Å²) in [5.41, 5.74) is 0.864. The van der Waals surface area contributed by atoms with E-state index in [9.17, 15) is 18.0 Å². The molecule has 0 saturated heterocycles. The van der Waals surface area contributed by atoms with E-state index in [0.29, 0.717) is 29.4 Å². The van der Waals surface area contributed by atoms with Gasteiger partial charge in [-0.1, -0.05) is 0 Å². The fourth-order valence-corrected chi connectivity index (χ4v) is 4.26. The Morgan fingerprint density at radius 2 is 2.00 bits per heavy atom. The van der Waals surface area contributed by atoms with Crippen LogP contribution in [0, 0.1) is 0 Å². The molecule has 0 saturated carbocycles. The molecule has 206 valence electrons. The second-order valence-corrected chi connectivity index (χ2v) is 11.9. The Balaban J connectivity index is 1.58. The van der Waals surface area contributed by atoms with Gasteiger partial charge in [-0.25, -0.2) is 19.4 Å². The molecule has 38 heavy (non-hydrogen) atoms. The maximum atomic E-state index is 13.0. The first-order valence-electron chi connectivity index (χ1n) is 11.7. The van der Waals surface area contributed by atoms with Gasteiger partial charge in [0.1, 0.15) is 59.9 Å². The lowest BCUT2D eigenvalue weighted by molar-refractivity contribution is -0.150. The highest BCUT2D eigenvalue weighted by Gasteiger charge is 2.35. The van der Waals surface area contributed by atoms with Crippen molar-refractivity contribution in [2.24, 2.45) is 0 Å². The van der Waals surface area contributed by atoms with Crippen LogP contribution in [-0.4, -0.2) is 73.9 Å². The summed E-state index contributed by atoms with van der Waals surface area (Å²) in [7, 11) is 1.28. The highest BCUT2D eigenvalue weighted by molar-refractivity contribution is 7.93. The van der Waals surface area contributed by atoms with Crippen molar-refractivity contribution in [1.29, 1.82) is 0 Å². The van der Waals surface area contributed by atoms with Gasteiger partial charge in [0.25, 0.3) is 0 Å². The second kappa shape index (κ2) is 10.8. The largest absolute Gasteiger partial charge is 0.491 e. The molecule has 14 heteroatoms. The van der Waals surface area contributed by atoms with Crippen molar-refractivity contribution in [3.05, 3.63) is 30.7 Å². The minimum absolute atomic E-state index is 0.00781. The van der Waals surface area contributed by atoms with Gasteiger partial charge in [0.05, 0.1) is 19.2 Å². The number of esters is 1. The van der Waals surface area contributed by atoms with Gasteiger partial charge in [0.15, 0.2) is 17.2 Å². The van der Waals surface area contributed by atoms with Crippen molar-refractivity contribution in [2.45, 2.75) is 50.9 Å². The first kappa shape index (κ1) is 27.8. The van der Waals surface area contributed by atoms with Gasteiger partial charge >= 0.3 is 12.1 Å². The lowest BCUT2D eigenvalue weighted by atomic mass is 10.1. The predicted octanol–water partition coefficient (Wildman–Crippen LogP) is 3.66. The van der Waals surface area contributed by atoms with Crippen molar-refractivity contribution in [3.63, 3.8) is 0 Å². The first-order valence-corrected chi connectivity index (χ1v) is 13.2. The molecule has 0 aliphatic carbocycles. The number of carbonyl (C=O) groups excluding carboxylic acids is 1. The number of hydrogen-bond donors (Lipinski definition) is 0. The molecule has 2 atom stereocenters. The molecule has 10 nitrogen and oxygen atoms in total. The van der Waals surface area contributed by atoms with Gasteiger partial charge in [-0.3, -0.25) is 0 Å². The Bertz CT molecular complexity index is 1290. The fourth-order valence-electron chi connectivity index (χ4n) is 3.58. The number of imidazole rings is 1. The summed E-state index contributed by atoms with van der Waals surface area (Å²) in [5, 5.41) is 3.69. The van der Waals surface area contributed by atoms with Crippen molar-refractivity contribution in [1.82, 2.24) is 24.3 Å². The summed E-state index contributed by atoms with van der Waals surface area (Å²) in [6, 6.07) is 5.01. The average Bonchev–Trinajstić information content (AvgIpc) is 3.42. The van der Waals surface area contributed by atoms with Crippen LogP contribution in [0.2, 0.25) is 0 Å². The summed E-state index contributed by atoms with van der Waals surface area (Å²) in [6.07, 6.45) is -0.802. The van der Waals surface area contributed by atoms with Crippen LogP contribution in [0.15, 0.2) is 30.7 Å². The molecule has 1 aliphatic heterocycles. The molecule has 0 bridgehead atoms. The number of alkyl halides is 3. The molecular formula is C24H29F3N5O5S+. The molecule has 1 unspecified atom stereocenters. The number of hydrogen-bond acceptors (Lipinski definition) is 8. The summed E-state index contributed by atoms with van der Waals surface area (Å²) in [4.78, 5) is 20.9. The van der Waals surface area contributed by atoms with Crippen molar-refractivity contribution in [3.8, 4) is 34.4 Å². The molecule has 1 aliphatic rings. The summed E-state index contributed by atoms with van der Waals surface area (Å²) < 4.78 is 63.9. The number of nitrogens with zero attached hydrogens (tertiary/aromatic N) is 5. The SMILES string of the molecule is COC(=O)[C@H](CO[S+](C)C(C)(C)C)Oc1ccc2c(c1)OCCn1cc(-c3ncnn3CC(F)(F)F)nc1-2. The lowest BCUT2D eigenvalue weighted by Crippen LogP contribution is -2.37. The number of carbonyl (C=O) groups is 1. The minimum Gasteiger partial charge on any atom is -0.491 e. The Hall–Kier alpha value is -3.26.